The number of amides is 1. The van der Waals surface area contributed by atoms with Gasteiger partial charge in [-0.1, -0.05) is 25.1 Å². The van der Waals surface area contributed by atoms with Crippen molar-refractivity contribution in [3.63, 3.8) is 0 Å². The van der Waals surface area contributed by atoms with E-state index in [-0.39, 0.29) is 12.5 Å². The third kappa shape index (κ3) is 3.54. The van der Waals surface area contributed by atoms with Crippen molar-refractivity contribution >= 4 is 11.6 Å². The van der Waals surface area contributed by atoms with Gasteiger partial charge in [0.2, 0.25) is 11.8 Å². The van der Waals surface area contributed by atoms with Crippen LogP contribution in [-0.4, -0.2) is 15.7 Å². The average Bonchev–Trinajstić information content (AvgIpc) is 2.71. The molecule has 0 unspecified atom stereocenters. The molecule has 0 saturated heterocycles. The molecule has 0 aliphatic heterocycles. The van der Waals surface area contributed by atoms with E-state index >= 15 is 0 Å². The van der Waals surface area contributed by atoms with Gasteiger partial charge in [0.1, 0.15) is 6.54 Å². The van der Waals surface area contributed by atoms with Crippen LogP contribution >= 0.6 is 0 Å². The van der Waals surface area contributed by atoms with Gasteiger partial charge in [0.05, 0.1) is 0 Å². The lowest BCUT2D eigenvalue weighted by Gasteiger charge is -2.03. The summed E-state index contributed by atoms with van der Waals surface area (Å²) in [7, 11) is 0. The van der Waals surface area contributed by atoms with Gasteiger partial charge < -0.3 is 9.73 Å². The Kier molecular flexibility index (Phi) is 4.12. The summed E-state index contributed by atoms with van der Waals surface area (Å²) in [5, 5.41) is 6.64. The molecular formula is C13H15N3O3. The Bertz CT molecular complexity index is 601. The normalized spacial score (nSPS) is 10.4. The smallest absolute Gasteiger partial charge is 0.392 e. The lowest BCUT2D eigenvalue weighted by Crippen LogP contribution is -2.25. The Morgan fingerprint density at radius 3 is 2.79 bits per heavy atom. The van der Waals surface area contributed by atoms with Crippen molar-refractivity contribution in [2.45, 2.75) is 26.3 Å². The van der Waals surface area contributed by atoms with Gasteiger partial charge in [-0.25, -0.2) is 4.79 Å². The lowest BCUT2D eigenvalue weighted by molar-refractivity contribution is -0.117. The zero-order valence-corrected chi connectivity index (χ0v) is 10.6. The summed E-state index contributed by atoms with van der Waals surface area (Å²) in [4.78, 5) is 23.2. The second kappa shape index (κ2) is 5.99. The van der Waals surface area contributed by atoms with Crippen molar-refractivity contribution in [2.75, 3.05) is 5.32 Å². The number of carbonyl (C=O) groups is 1. The molecule has 2 aromatic rings. The fourth-order valence-electron chi connectivity index (χ4n) is 1.62. The molecule has 0 fully saturated rings. The monoisotopic (exact) mass is 261 g/mol. The van der Waals surface area contributed by atoms with E-state index in [0.717, 1.165) is 11.1 Å². The summed E-state index contributed by atoms with van der Waals surface area (Å²) in [5.74, 6) is -0.559. The predicted octanol–water partition coefficient (Wildman–Crippen LogP) is 1.43. The van der Waals surface area contributed by atoms with Crippen LogP contribution in [0.4, 0.5) is 5.69 Å². The summed E-state index contributed by atoms with van der Waals surface area (Å²) < 4.78 is 5.95. The number of hydrogen-bond donors (Lipinski definition) is 1. The van der Waals surface area contributed by atoms with Crippen LogP contribution in [0.3, 0.4) is 0 Å². The van der Waals surface area contributed by atoms with E-state index in [0.29, 0.717) is 18.0 Å². The van der Waals surface area contributed by atoms with Crippen LogP contribution in [0.25, 0.3) is 0 Å². The molecule has 0 radical (unpaired) electrons. The molecule has 1 aromatic carbocycles. The van der Waals surface area contributed by atoms with E-state index in [1.54, 1.807) is 12.1 Å². The number of rotatable bonds is 5. The first-order chi connectivity index (χ1) is 9.19. The van der Waals surface area contributed by atoms with Crippen molar-refractivity contribution in [2.24, 2.45) is 0 Å². The summed E-state index contributed by atoms with van der Waals surface area (Å²) >= 11 is 0. The van der Waals surface area contributed by atoms with E-state index in [4.69, 9.17) is 4.42 Å². The number of hydrogen-bond acceptors (Lipinski definition) is 4. The fourth-order valence-corrected chi connectivity index (χ4v) is 1.62. The maximum atomic E-state index is 11.7. The van der Waals surface area contributed by atoms with E-state index < -0.39 is 5.76 Å². The molecular weight excluding hydrogens is 246 g/mol. The van der Waals surface area contributed by atoms with Gasteiger partial charge in [-0.2, -0.15) is 4.68 Å². The molecule has 1 heterocycles. The number of aryl methyl sites for hydroxylation is 1. The summed E-state index contributed by atoms with van der Waals surface area (Å²) in [6.07, 6.45) is 1.42. The number of nitrogens with zero attached hydrogens (tertiary/aromatic N) is 2. The van der Waals surface area contributed by atoms with Crippen LogP contribution in [0.2, 0.25) is 0 Å². The number of carbonyl (C=O) groups excluding carboxylic acids is 1. The van der Waals surface area contributed by atoms with Crippen LogP contribution < -0.4 is 11.1 Å². The molecule has 0 bridgehead atoms. The first-order valence-corrected chi connectivity index (χ1v) is 6.10. The number of aromatic nitrogens is 2. The standard InChI is InChI=1S/C13H15N3O3/c1-2-6-12-15-16(13(18)19-12)9-11(17)14-10-7-4-3-5-8-10/h3-5,7-8H,2,6,9H2,1H3,(H,14,17). The molecule has 1 N–H and O–H groups in total. The molecule has 2 rings (SSSR count). The molecule has 0 aliphatic carbocycles. The largest absolute Gasteiger partial charge is 0.437 e. The molecule has 6 nitrogen and oxygen atoms in total. The SMILES string of the molecule is CCCc1nn(CC(=O)Nc2ccccc2)c(=O)o1. The molecule has 19 heavy (non-hydrogen) atoms. The van der Waals surface area contributed by atoms with Gasteiger partial charge in [0, 0.05) is 12.1 Å². The number of nitrogens with one attached hydrogen (secondary N) is 1. The molecule has 1 aromatic heterocycles. The van der Waals surface area contributed by atoms with Crippen LogP contribution in [0.5, 0.6) is 0 Å². The first-order valence-electron chi connectivity index (χ1n) is 6.10. The quantitative estimate of drug-likeness (QED) is 0.883. The van der Waals surface area contributed by atoms with Crippen molar-refractivity contribution in [3.05, 3.63) is 46.8 Å². The van der Waals surface area contributed by atoms with Crippen molar-refractivity contribution < 1.29 is 9.21 Å². The van der Waals surface area contributed by atoms with Gasteiger partial charge in [0.25, 0.3) is 0 Å². The number of para-hydroxylation sites is 1. The van der Waals surface area contributed by atoms with Crippen molar-refractivity contribution in [1.82, 2.24) is 9.78 Å². The summed E-state index contributed by atoms with van der Waals surface area (Å²) in [5.41, 5.74) is 0.679. The maximum Gasteiger partial charge on any atom is 0.437 e. The van der Waals surface area contributed by atoms with E-state index in [1.807, 2.05) is 25.1 Å². The third-order valence-corrected chi connectivity index (χ3v) is 2.46. The molecule has 100 valence electrons. The average molecular weight is 261 g/mol. The zero-order chi connectivity index (χ0) is 13.7. The number of anilines is 1. The van der Waals surface area contributed by atoms with E-state index in [9.17, 15) is 9.59 Å². The summed E-state index contributed by atoms with van der Waals surface area (Å²) in [6, 6.07) is 9.03. The van der Waals surface area contributed by atoms with Crippen molar-refractivity contribution in [3.8, 4) is 0 Å². The highest BCUT2D eigenvalue weighted by Gasteiger charge is 2.11. The van der Waals surface area contributed by atoms with Crippen LogP contribution in [-0.2, 0) is 17.8 Å². The van der Waals surface area contributed by atoms with Gasteiger partial charge >= 0.3 is 5.76 Å². The molecule has 0 aliphatic rings. The molecule has 0 spiro atoms. The topological polar surface area (TPSA) is 77.1 Å². The third-order valence-electron chi connectivity index (χ3n) is 2.46. The molecule has 6 heteroatoms. The Morgan fingerprint density at radius 1 is 1.37 bits per heavy atom. The Balaban J connectivity index is 2.01. The highest BCUT2D eigenvalue weighted by atomic mass is 16.4. The second-order valence-corrected chi connectivity index (χ2v) is 4.08. The Morgan fingerprint density at radius 2 is 2.11 bits per heavy atom. The number of benzene rings is 1. The molecule has 0 saturated carbocycles. The first kappa shape index (κ1) is 13.1. The predicted molar refractivity (Wildman–Crippen MR) is 69.8 cm³/mol. The highest BCUT2D eigenvalue weighted by Crippen LogP contribution is 2.04. The van der Waals surface area contributed by atoms with Crippen LogP contribution in [0.1, 0.15) is 19.2 Å². The maximum absolute atomic E-state index is 11.7. The van der Waals surface area contributed by atoms with Gasteiger partial charge in [-0.15, -0.1) is 5.10 Å². The second-order valence-electron chi connectivity index (χ2n) is 4.08. The van der Waals surface area contributed by atoms with Crippen LogP contribution in [0.15, 0.2) is 39.5 Å². The highest BCUT2D eigenvalue weighted by molar-refractivity contribution is 5.90. The van der Waals surface area contributed by atoms with E-state index in [1.165, 1.54) is 0 Å². The van der Waals surface area contributed by atoms with Gasteiger partial charge in [-0.05, 0) is 18.6 Å². The van der Waals surface area contributed by atoms with Crippen LogP contribution in [0, 0.1) is 0 Å². The Labute approximate surface area is 110 Å². The minimum Gasteiger partial charge on any atom is -0.392 e. The van der Waals surface area contributed by atoms with Gasteiger partial charge in [0.15, 0.2) is 0 Å². The molecule has 0 atom stereocenters. The van der Waals surface area contributed by atoms with E-state index in [2.05, 4.69) is 10.4 Å². The Hall–Kier alpha value is -2.37. The molecule has 1 amide bonds. The fraction of sp³-hybridized carbons (Fsp3) is 0.308. The van der Waals surface area contributed by atoms with Gasteiger partial charge in [-0.3, -0.25) is 4.79 Å². The van der Waals surface area contributed by atoms with Crippen molar-refractivity contribution in [1.29, 1.82) is 0 Å². The zero-order valence-electron chi connectivity index (χ0n) is 10.6. The minimum absolute atomic E-state index is 0.152. The summed E-state index contributed by atoms with van der Waals surface area (Å²) in [6.45, 7) is 1.81. The minimum atomic E-state index is -0.605. The lowest BCUT2D eigenvalue weighted by atomic mass is 10.3.